The van der Waals surface area contributed by atoms with E-state index >= 15 is 0 Å². The number of carbonyl (C=O) groups excluding carboxylic acids is 1. The molecule has 0 atom stereocenters. The van der Waals surface area contributed by atoms with Gasteiger partial charge in [0.2, 0.25) is 0 Å². The van der Waals surface area contributed by atoms with E-state index < -0.39 is 6.36 Å². The number of aliphatic imine (C=N–C) groups is 1. The van der Waals surface area contributed by atoms with E-state index in [-0.39, 0.29) is 18.2 Å². The molecule has 4 aromatic rings. The lowest BCUT2D eigenvalue weighted by Crippen LogP contribution is -2.27. The fraction of sp³-hybridized carbons (Fsp3) is 0.207. The standard InChI is InChI=1S/C29H26F3N7O2S/c1-19-4-3-5-20(2)26(19)38-14-15-42-28(38)36-25(40)17-35-34-16-21-6-8-22(9-7-21)27-33-18-39(37-27)23-10-12-24(13-11-23)41-29(30,31)32/h3-13,16,18,35H,14-15,17H2,1-2H3/b34-16+,36-28?. The fourth-order valence-electron chi connectivity index (χ4n) is 4.35. The van der Waals surface area contributed by atoms with Crippen molar-refractivity contribution in [2.45, 2.75) is 20.2 Å². The Hall–Kier alpha value is -4.65. The number of ether oxygens (including phenoxy) is 1. The zero-order chi connectivity index (χ0) is 29.7. The van der Waals surface area contributed by atoms with Gasteiger partial charge in [0.05, 0.1) is 11.9 Å². The van der Waals surface area contributed by atoms with Crippen molar-refractivity contribution in [3.8, 4) is 22.8 Å². The number of carbonyl (C=O) groups is 1. The molecular weight excluding hydrogens is 567 g/mol. The lowest BCUT2D eigenvalue weighted by molar-refractivity contribution is -0.274. The van der Waals surface area contributed by atoms with Gasteiger partial charge in [-0.3, -0.25) is 4.79 Å². The Bertz CT molecular complexity index is 1600. The maximum absolute atomic E-state index is 12.5. The van der Waals surface area contributed by atoms with E-state index in [0.29, 0.717) is 16.7 Å². The Kier molecular flexibility index (Phi) is 8.57. The molecule has 1 fully saturated rings. The summed E-state index contributed by atoms with van der Waals surface area (Å²) in [5, 5.41) is 9.23. The lowest BCUT2D eigenvalue weighted by Gasteiger charge is -2.22. The van der Waals surface area contributed by atoms with Crippen molar-refractivity contribution in [2.24, 2.45) is 10.1 Å². The molecule has 0 bridgehead atoms. The second kappa shape index (κ2) is 12.5. The van der Waals surface area contributed by atoms with E-state index in [4.69, 9.17) is 0 Å². The smallest absolute Gasteiger partial charge is 0.406 e. The molecule has 13 heteroatoms. The van der Waals surface area contributed by atoms with Crippen molar-refractivity contribution >= 4 is 34.7 Å². The predicted octanol–water partition coefficient (Wildman–Crippen LogP) is 5.51. The molecule has 2 heterocycles. The number of alkyl halides is 3. The third kappa shape index (κ3) is 7.16. The molecule has 42 heavy (non-hydrogen) atoms. The third-order valence-corrected chi connectivity index (χ3v) is 7.19. The first-order valence-corrected chi connectivity index (χ1v) is 13.9. The molecule has 3 aromatic carbocycles. The first-order valence-electron chi connectivity index (χ1n) is 12.9. The highest BCUT2D eigenvalue weighted by Crippen LogP contribution is 2.31. The van der Waals surface area contributed by atoms with Crippen molar-refractivity contribution in [3.63, 3.8) is 0 Å². The van der Waals surface area contributed by atoms with Gasteiger partial charge in [0.25, 0.3) is 5.91 Å². The summed E-state index contributed by atoms with van der Waals surface area (Å²) in [7, 11) is 0. The number of amides is 1. The normalized spacial score (nSPS) is 14.6. The SMILES string of the molecule is Cc1cccc(C)c1N1CCSC1=NC(=O)CN/N=C/c1ccc(-c2ncn(-c3ccc(OC(F)(F)F)cc3)n2)cc1. The minimum absolute atomic E-state index is 0.0378. The van der Waals surface area contributed by atoms with Crippen LogP contribution in [-0.2, 0) is 4.79 Å². The minimum Gasteiger partial charge on any atom is -0.406 e. The third-order valence-electron chi connectivity index (χ3n) is 6.24. The van der Waals surface area contributed by atoms with Crippen LogP contribution in [0.25, 0.3) is 17.1 Å². The summed E-state index contributed by atoms with van der Waals surface area (Å²) in [5.41, 5.74) is 8.19. The summed E-state index contributed by atoms with van der Waals surface area (Å²) >= 11 is 1.56. The van der Waals surface area contributed by atoms with Crippen LogP contribution in [0.5, 0.6) is 5.75 Å². The number of amidine groups is 1. The molecule has 216 valence electrons. The molecule has 0 saturated carbocycles. The maximum atomic E-state index is 12.5. The molecule has 0 radical (unpaired) electrons. The van der Waals surface area contributed by atoms with Crippen molar-refractivity contribution < 1.29 is 22.7 Å². The molecule has 1 N–H and O–H groups in total. The maximum Gasteiger partial charge on any atom is 0.573 e. The molecule has 9 nitrogen and oxygen atoms in total. The zero-order valence-electron chi connectivity index (χ0n) is 22.7. The predicted molar refractivity (Wildman–Crippen MR) is 157 cm³/mol. The number of benzene rings is 3. The van der Waals surface area contributed by atoms with E-state index in [1.807, 2.05) is 30.3 Å². The number of anilines is 1. The van der Waals surface area contributed by atoms with Gasteiger partial charge in [-0.2, -0.15) is 10.1 Å². The molecule has 1 aliphatic rings. The molecule has 1 saturated heterocycles. The topological polar surface area (TPSA) is 97.0 Å². The molecule has 0 aliphatic carbocycles. The van der Waals surface area contributed by atoms with Crippen LogP contribution in [0.15, 0.2) is 83.2 Å². The lowest BCUT2D eigenvalue weighted by atomic mass is 10.1. The number of thioether (sulfide) groups is 1. The molecule has 1 aromatic heterocycles. The number of halogens is 3. The summed E-state index contributed by atoms with van der Waals surface area (Å²) in [6.07, 6.45) is -1.69. The second-order valence-corrected chi connectivity index (χ2v) is 10.4. The first-order chi connectivity index (χ1) is 20.2. The van der Waals surface area contributed by atoms with Crippen LogP contribution in [0, 0.1) is 13.8 Å². The molecule has 5 rings (SSSR count). The average molecular weight is 594 g/mol. The second-order valence-electron chi connectivity index (χ2n) is 9.30. The number of nitrogens with zero attached hydrogens (tertiary/aromatic N) is 6. The average Bonchev–Trinajstić information content (AvgIpc) is 3.62. The minimum atomic E-state index is -4.75. The monoisotopic (exact) mass is 593 g/mol. The van der Waals surface area contributed by atoms with Gasteiger partial charge in [-0.1, -0.05) is 54.2 Å². The summed E-state index contributed by atoms with van der Waals surface area (Å²) in [4.78, 5) is 23.2. The molecule has 1 aliphatic heterocycles. The van der Waals surface area contributed by atoms with Gasteiger partial charge in [-0.05, 0) is 54.8 Å². The highest BCUT2D eigenvalue weighted by molar-refractivity contribution is 8.14. The number of aromatic nitrogens is 3. The van der Waals surface area contributed by atoms with Gasteiger partial charge in [-0.25, -0.2) is 9.67 Å². The number of hydrogen-bond donors (Lipinski definition) is 1. The zero-order valence-corrected chi connectivity index (χ0v) is 23.5. The highest BCUT2D eigenvalue weighted by atomic mass is 32.2. The fourth-order valence-corrected chi connectivity index (χ4v) is 5.31. The van der Waals surface area contributed by atoms with Crippen LogP contribution in [0.1, 0.15) is 16.7 Å². The summed E-state index contributed by atoms with van der Waals surface area (Å²) in [5.74, 6) is 0.679. The van der Waals surface area contributed by atoms with Gasteiger partial charge in [0.1, 0.15) is 18.6 Å². The van der Waals surface area contributed by atoms with Crippen LogP contribution >= 0.6 is 11.8 Å². The summed E-state index contributed by atoms with van der Waals surface area (Å²) < 4.78 is 42.5. The van der Waals surface area contributed by atoms with Crippen LogP contribution in [-0.4, -0.2) is 57.3 Å². The first kappa shape index (κ1) is 28.9. The van der Waals surface area contributed by atoms with Gasteiger partial charge in [-0.15, -0.1) is 18.3 Å². The Morgan fingerprint density at radius 1 is 1.07 bits per heavy atom. The number of nitrogens with one attached hydrogen (secondary N) is 1. The Balaban J connectivity index is 1.15. The Morgan fingerprint density at radius 2 is 1.79 bits per heavy atom. The van der Waals surface area contributed by atoms with Crippen LogP contribution < -0.4 is 15.1 Å². The number of rotatable bonds is 8. The largest absolute Gasteiger partial charge is 0.573 e. The van der Waals surface area contributed by atoms with Gasteiger partial charge < -0.3 is 15.1 Å². The summed E-state index contributed by atoms with van der Waals surface area (Å²) in [6, 6.07) is 18.7. The van der Waals surface area contributed by atoms with Crippen molar-refractivity contribution in [1.82, 2.24) is 20.2 Å². The number of hydrogen-bond acceptors (Lipinski definition) is 7. The van der Waals surface area contributed by atoms with E-state index in [1.54, 1.807) is 18.0 Å². The Morgan fingerprint density at radius 3 is 2.48 bits per heavy atom. The van der Waals surface area contributed by atoms with E-state index in [0.717, 1.165) is 40.2 Å². The van der Waals surface area contributed by atoms with Crippen molar-refractivity contribution in [2.75, 3.05) is 23.7 Å². The molecular formula is C29H26F3N7O2S. The quantitative estimate of drug-likeness (QED) is 0.213. The highest BCUT2D eigenvalue weighted by Gasteiger charge is 2.31. The molecule has 0 spiro atoms. The van der Waals surface area contributed by atoms with Gasteiger partial charge in [0.15, 0.2) is 11.0 Å². The van der Waals surface area contributed by atoms with E-state index in [2.05, 4.69) is 61.2 Å². The molecule has 1 amide bonds. The van der Waals surface area contributed by atoms with Crippen LogP contribution in [0.4, 0.5) is 18.9 Å². The summed E-state index contributed by atoms with van der Waals surface area (Å²) in [6.45, 7) is 4.87. The number of aryl methyl sites for hydroxylation is 2. The van der Waals surface area contributed by atoms with Crippen molar-refractivity contribution in [3.05, 3.63) is 89.7 Å². The number of para-hydroxylation sites is 1. The van der Waals surface area contributed by atoms with Gasteiger partial charge >= 0.3 is 6.36 Å². The van der Waals surface area contributed by atoms with E-state index in [9.17, 15) is 18.0 Å². The van der Waals surface area contributed by atoms with Crippen molar-refractivity contribution in [1.29, 1.82) is 0 Å². The van der Waals surface area contributed by atoms with Crippen LogP contribution in [0.3, 0.4) is 0 Å². The van der Waals surface area contributed by atoms with E-state index in [1.165, 1.54) is 35.3 Å². The Labute approximate surface area is 244 Å². The molecule has 0 unspecified atom stereocenters. The number of hydrazone groups is 1. The van der Waals surface area contributed by atoms with Crippen LogP contribution in [0.2, 0.25) is 0 Å². The van der Waals surface area contributed by atoms with Gasteiger partial charge in [0, 0.05) is 23.5 Å².